The number of carbonyl (C=O) groups excluding carboxylic acids is 1. The first-order valence-corrected chi connectivity index (χ1v) is 6.80. The Morgan fingerprint density at radius 2 is 2.00 bits per heavy atom. The highest BCUT2D eigenvalue weighted by atomic mass is 35.5. The Bertz CT molecular complexity index is 688. The molecule has 1 aromatic carbocycles. The number of nitrogens with one attached hydrogen (secondary N) is 1. The average Bonchev–Trinajstić information content (AvgIpc) is 3.18. The molecule has 108 valence electrons. The third-order valence-corrected chi connectivity index (χ3v) is 3.80. The minimum Gasteiger partial charge on any atom is -0.349 e. The molecule has 1 aliphatic rings. The molecule has 1 saturated carbocycles. The molecule has 0 spiro atoms. The lowest BCUT2D eigenvalue weighted by molar-refractivity contribution is 0.0950. The average molecular weight is 309 g/mol. The van der Waals surface area contributed by atoms with Crippen LogP contribution in [-0.2, 0) is 0 Å². The summed E-state index contributed by atoms with van der Waals surface area (Å²) in [6.07, 6.45) is 3.34. The number of nitrogens with zero attached hydrogens (tertiary/aromatic N) is 1. The van der Waals surface area contributed by atoms with Crippen molar-refractivity contribution in [2.75, 3.05) is 0 Å². The minimum absolute atomic E-state index is 0.0311. The Morgan fingerprint density at radius 3 is 2.67 bits per heavy atom. The number of benzene rings is 1. The fraction of sp³-hybridized carbons (Fsp3) is 0.200. The van der Waals surface area contributed by atoms with Gasteiger partial charge >= 0.3 is 0 Å². The van der Waals surface area contributed by atoms with E-state index in [0.29, 0.717) is 12.0 Å². The molecular weight excluding hydrogens is 298 g/mol. The highest BCUT2D eigenvalue weighted by molar-refractivity contribution is 6.33. The van der Waals surface area contributed by atoms with Crippen molar-refractivity contribution in [1.82, 2.24) is 10.3 Å². The first-order chi connectivity index (χ1) is 10.1. The van der Waals surface area contributed by atoms with Gasteiger partial charge in [0, 0.05) is 29.9 Å². The van der Waals surface area contributed by atoms with Crippen LogP contribution in [0.3, 0.4) is 0 Å². The maximum Gasteiger partial charge on any atom is 0.253 e. The SMILES string of the molecule is O=C(NC1CC1c1c(F)cccc1F)c1ccncc1Cl. The van der Waals surface area contributed by atoms with Gasteiger partial charge < -0.3 is 5.32 Å². The normalized spacial score (nSPS) is 20.1. The number of carbonyl (C=O) groups is 1. The zero-order valence-electron chi connectivity index (χ0n) is 10.8. The van der Waals surface area contributed by atoms with Crippen LogP contribution in [-0.4, -0.2) is 16.9 Å². The molecule has 6 heteroatoms. The lowest BCUT2D eigenvalue weighted by atomic mass is 10.1. The molecular formula is C15H11ClF2N2O. The third-order valence-electron chi connectivity index (χ3n) is 3.49. The van der Waals surface area contributed by atoms with Crippen molar-refractivity contribution in [3.05, 3.63) is 64.4 Å². The van der Waals surface area contributed by atoms with E-state index in [4.69, 9.17) is 11.6 Å². The number of pyridine rings is 1. The molecule has 1 aliphatic carbocycles. The standard InChI is InChI=1S/C15H11ClF2N2O/c16-10-7-19-5-4-8(10)15(21)20-13-6-9(13)14-11(17)2-1-3-12(14)18/h1-5,7,9,13H,6H2,(H,20,21). The van der Waals surface area contributed by atoms with Crippen LogP contribution in [0.5, 0.6) is 0 Å². The van der Waals surface area contributed by atoms with Crippen molar-refractivity contribution in [2.45, 2.75) is 18.4 Å². The molecule has 1 aromatic heterocycles. The van der Waals surface area contributed by atoms with Gasteiger partial charge in [-0.15, -0.1) is 0 Å². The van der Waals surface area contributed by atoms with Crippen molar-refractivity contribution in [3.8, 4) is 0 Å². The molecule has 3 rings (SSSR count). The quantitative estimate of drug-likeness (QED) is 0.945. The Morgan fingerprint density at radius 1 is 1.29 bits per heavy atom. The maximum absolute atomic E-state index is 13.7. The fourth-order valence-corrected chi connectivity index (χ4v) is 2.55. The zero-order valence-corrected chi connectivity index (χ0v) is 11.6. The van der Waals surface area contributed by atoms with Crippen LogP contribution in [0, 0.1) is 11.6 Å². The van der Waals surface area contributed by atoms with E-state index in [-0.39, 0.29) is 28.5 Å². The summed E-state index contributed by atoms with van der Waals surface area (Å²) in [5.74, 6) is -1.88. The first-order valence-electron chi connectivity index (χ1n) is 6.42. The molecule has 2 unspecified atom stereocenters. The van der Waals surface area contributed by atoms with Crippen molar-refractivity contribution in [1.29, 1.82) is 0 Å². The second-order valence-electron chi connectivity index (χ2n) is 4.91. The summed E-state index contributed by atoms with van der Waals surface area (Å²) in [5, 5.41) is 2.97. The number of halogens is 3. The van der Waals surface area contributed by atoms with Gasteiger partial charge in [-0.3, -0.25) is 9.78 Å². The van der Waals surface area contributed by atoms with Crippen LogP contribution < -0.4 is 5.32 Å². The lowest BCUT2D eigenvalue weighted by Gasteiger charge is -2.07. The van der Waals surface area contributed by atoms with E-state index in [9.17, 15) is 13.6 Å². The van der Waals surface area contributed by atoms with Crippen molar-refractivity contribution in [2.24, 2.45) is 0 Å². The summed E-state index contributed by atoms with van der Waals surface area (Å²) in [4.78, 5) is 15.8. The number of hydrogen-bond acceptors (Lipinski definition) is 2. The zero-order chi connectivity index (χ0) is 15.0. The van der Waals surface area contributed by atoms with Crippen LogP contribution in [0.4, 0.5) is 8.78 Å². The molecule has 1 N–H and O–H groups in total. The summed E-state index contributed by atoms with van der Waals surface area (Å²) in [6.45, 7) is 0. The summed E-state index contributed by atoms with van der Waals surface area (Å²) in [6, 6.07) is 4.97. The highest BCUT2D eigenvalue weighted by Gasteiger charge is 2.42. The lowest BCUT2D eigenvalue weighted by Crippen LogP contribution is -2.27. The van der Waals surface area contributed by atoms with Gasteiger partial charge in [0.2, 0.25) is 0 Å². The van der Waals surface area contributed by atoms with Gasteiger partial charge in [-0.2, -0.15) is 0 Å². The molecule has 0 aliphatic heterocycles. The van der Waals surface area contributed by atoms with Gasteiger partial charge in [0.25, 0.3) is 5.91 Å². The minimum atomic E-state index is -0.585. The van der Waals surface area contributed by atoms with Crippen LogP contribution in [0.25, 0.3) is 0 Å². The van der Waals surface area contributed by atoms with E-state index in [2.05, 4.69) is 10.3 Å². The second-order valence-corrected chi connectivity index (χ2v) is 5.32. The van der Waals surface area contributed by atoms with Crippen LogP contribution >= 0.6 is 11.6 Å². The van der Waals surface area contributed by atoms with E-state index >= 15 is 0 Å². The molecule has 0 bridgehead atoms. The smallest absolute Gasteiger partial charge is 0.253 e. The van der Waals surface area contributed by atoms with E-state index in [0.717, 1.165) is 0 Å². The van der Waals surface area contributed by atoms with Gasteiger partial charge in [0.1, 0.15) is 11.6 Å². The largest absolute Gasteiger partial charge is 0.349 e. The van der Waals surface area contributed by atoms with Gasteiger partial charge in [-0.25, -0.2) is 8.78 Å². The molecule has 2 aromatic rings. The predicted octanol–water partition coefficient (Wildman–Crippen LogP) is 3.30. The van der Waals surface area contributed by atoms with E-state index in [1.54, 1.807) is 0 Å². The molecule has 2 atom stereocenters. The van der Waals surface area contributed by atoms with E-state index in [1.807, 2.05) is 0 Å². The Hall–Kier alpha value is -2.01. The Kier molecular flexibility index (Phi) is 3.59. The number of aromatic nitrogens is 1. The molecule has 1 heterocycles. The molecule has 0 radical (unpaired) electrons. The van der Waals surface area contributed by atoms with Crippen molar-refractivity contribution in [3.63, 3.8) is 0 Å². The number of hydrogen-bond donors (Lipinski definition) is 1. The van der Waals surface area contributed by atoms with Gasteiger partial charge in [-0.1, -0.05) is 17.7 Å². The summed E-state index contributed by atoms with van der Waals surface area (Å²) < 4.78 is 27.3. The molecule has 1 amide bonds. The second kappa shape index (κ2) is 5.41. The van der Waals surface area contributed by atoms with Gasteiger partial charge in [0.05, 0.1) is 10.6 Å². The maximum atomic E-state index is 13.7. The number of amides is 1. The van der Waals surface area contributed by atoms with E-state index in [1.165, 1.54) is 36.7 Å². The van der Waals surface area contributed by atoms with E-state index < -0.39 is 11.6 Å². The van der Waals surface area contributed by atoms with Crippen LogP contribution in [0.15, 0.2) is 36.7 Å². The molecule has 0 saturated heterocycles. The summed E-state index contributed by atoms with van der Waals surface area (Å²) in [7, 11) is 0. The summed E-state index contributed by atoms with van der Waals surface area (Å²) in [5.41, 5.74) is 0.329. The predicted molar refractivity (Wildman–Crippen MR) is 74.2 cm³/mol. The molecule has 3 nitrogen and oxygen atoms in total. The highest BCUT2D eigenvalue weighted by Crippen LogP contribution is 2.43. The van der Waals surface area contributed by atoms with Crippen LogP contribution in [0.1, 0.15) is 28.3 Å². The number of rotatable bonds is 3. The Labute approximate surface area is 125 Å². The van der Waals surface area contributed by atoms with Gasteiger partial charge in [0.15, 0.2) is 0 Å². The van der Waals surface area contributed by atoms with Gasteiger partial charge in [-0.05, 0) is 24.6 Å². The summed E-state index contributed by atoms with van der Waals surface area (Å²) >= 11 is 5.88. The fourth-order valence-electron chi connectivity index (χ4n) is 2.34. The first kappa shape index (κ1) is 13.9. The third kappa shape index (κ3) is 2.74. The van der Waals surface area contributed by atoms with Crippen LogP contribution in [0.2, 0.25) is 5.02 Å². The Balaban J connectivity index is 1.72. The molecule has 21 heavy (non-hydrogen) atoms. The van der Waals surface area contributed by atoms with Crippen molar-refractivity contribution >= 4 is 17.5 Å². The topological polar surface area (TPSA) is 42.0 Å². The van der Waals surface area contributed by atoms with Crippen molar-refractivity contribution < 1.29 is 13.6 Å². The molecule has 1 fully saturated rings. The monoisotopic (exact) mass is 308 g/mol.